The fourth-order valence-electron chi connectivity index (χ4n) is 4.94. The number of amides is 2. The van der Waals surface area contributed by atoms with Crippen LogP contribution in [0.5, 0.6) is 11.5 Å². The summed E-state index contributed by atoms with van der Waals surface area (Å²) < 4.78 is 11.4. The van der Waals surface area contributed by atoms with Crippen molar-refractivity contribution in [3.8, 4) is 11.5 Å². The van der Waals surface area contributed by atoms with E-state index in [4.69, 9.17) is 32.7 Å². The summed E-state index contributed by atoms with van der Waals surface area (Å²) in [4.78, 5) is 28.8. The van der Waals surface area contributed by atoms with Crippen LogP contribution < -0.4 is 14.8 Å². The normalized spacial score (nSPS) is 14.6. The summed E-state index contributed by atoms with van der Waals surface area (Å²) in [7, 11) is 0. The van der Waals surface area contributed by atoms with Gasteiger partial charge in [0.15, 0.2) is 11.5 Å². The summed E-state index contributed by atoms with van der Waals surface area (Å²) in [6, 6.07) is 10.6. The van der Waals surface area contributed by atoms with Gasteiger partial charge in [0.25, 0.3) is 0 Å². The summed E-state index contributed by atoms with van der Waals surface area (Å²) in [5.41, 5.74) is 1.72. The Hall–Kier alpha value is -2.44. The second kappa shape index (κ2) is 15.2. The predicted octanol–water partition coefficient (Wildman–Crippen LogP) is 6.98. The molecule has 208 valence electrons. The highest BCUT2D eigenvalue weighted by atomic mass is 35.5. The Morgan fingerprint density at radius 2 is 1.68 bits per heavy atom. The summed E-state index contributed by atoms with van der Waals surface area (Å²) in [6.45, 7) is 7.09. The van der Waals surface area contributed by atoms with Gasteiger partial charge in [-0.05, 0) is 74.9 Å². The van der Waals surface area contributed by atoms with E-state index < -0.39 is 6.04 Å². The molecule has 0 bridgehead atoms. The van der Waals surface area contributed by atoms with Gasteiger partial charge in [0, 0.05) is 29.1 Å². The topological polar surface area (TPSA) is 67.9 Å². The van der Waals surface area contributed by atoms with Gasteiger partial charge in [0.1, 0.15) is 6.04 Å². The molecule has 0 aliphatic heterocycles. The summed E-state index contributed by atoms with van der Waals surface area (Å²) in [5, 5.41) is 4.22. The highest BCUT2D eigenvalue weighted by Gasteiger charge is 2.30. The summed E-state index contributed by atoms with van der Waals surface area (Å²) in [6.07, 6.45) is 6.69. The first-order chi connectivity index (χ1) is 18.4. The number of carbonyl (C=O) groups is 2. The zero-order valence-electron chi connectivity index (χ0n) is 22.7. The van der Waals surface area contributed by atoms with E-state index >= 15 is 0 Å². The maximum Gasteiger partial charge on any atom is 0.243 e. The van der Waals surface area contributed by atoms with Crippen LogP contribution >= 0.6 is 23.2 Å². The van der Waals surface area contributed by atoms with E-state index in [1.54, 1.807) is 17.0 Å². The monoisotopic (exact) mass is 562 g/mol. The fraction of sp³-hybridized carbons (Fsp3) is 0.533. The molecule has 2 amide bonds. The van der Waals surface area contributed by atoms with Crippen LogP contribution in [0.2, 0.25) is 10.0 Å². The maximum atomic E-state index is 13.7. The lowest BCUT2D eigenvalue weighted by Gasteiger charge is -2.33. The molecule has 38 heavy (non-hydrogen) atoms. The summed E-state index contributed by atoms with van der Waals surface area (Å²) in [5.74, 6) is 1.15. The molecule has 8 heteroatoms. The number of benzene rings is 2. The van der Waals surface area contributed by atoms with E-state index in [1.165, 1.54) is 6.42 Å². The van der Waals surface area contributed by atoms with Crippen LogP contribution in [0.25, 0.3) is 0 Å². The molecule has 1 atom stereocenters. The smallest absolute Gasteiger partial charge is 0.243 e. The van der Waals surface area contributed by atoms with Crippen molar-refractivity contribution in [1.29, 1.82) is 0 Å². The van der Waals surface area contributed by atoms with Crippen molar-refractivity contribution in [3.63, 3.8) is 0 Å². The standard InChI is InChI=1S/C30H40Cl2N2O4/c1-4-26(30(36)33-24-10-8-7-9-11-24)34(20-22-14-15-23(31)19-25(22)32)29(35)17-13-21-12-16-27(37-5-2)28(18-21)38-6-3/h12,14-16,18-19,24,26H,4-11,13,17,20H2,1-3H3,(H,33,36). The molecule has 6 nitrogen and oxygen atoms in total. The minimum Gasteiger partial charge on any atom is -0.490 e. The van der Waals surface area contributed by atoms with E-state index in [2.05, 4.69) is 5.32 Å². The Morgan fingerprint density at radius 3 is 2.34 bits per heavy atom. The van der Waals surface area contributed by atoms with E-state index in [1.807, 2.05) is 45.0 Å². The van der Waals surface area contributed by atoms with Crippen molar-refractivity contribution >= 4 is 35.0 Å². The second-order valence-corrected chi connectivity index (χ2v) is 10.5. The molecule has 1 N–H and O–H groups in total. The highest BCUT2D eigenvalue weighted by Crippen LogP contribution is 2.30. The third-order valence-electron chi connectivity index (χ3n) is 6.93. The van der Waals surface area contributed by atoms with Crippen LogP contribution in [0.4, 0.5) is 0 Å². The molecule has 0 radical (unpaired) electrons. The van der Waals surface area contributed by atoms with Gasteiger partial charge in [0.05, 0.1) is 13.2 Å². The highest BCUT2D eigenvalue weighted by molar-refractivity contribution is 6.35. The first-order valence-corrected chi connectivity index (χ1v) is 14.5. The Labute approximate surface area is 237 Å². The molecule has 0 heterocycles. The molecule has 1 aliphatic carbocycles. The van der Waals surface area contributed by atoms with Gasteiger partial charge < -0.3 is 19.7 Å². The van der Waals surface area contributed by atoms with Gasteiger partial charge in [0.2, 0.25) is 11.8 Å². The van der Waals surface area contributed by atoms with Gasteiger partial charge in [-0.15, -0.1) is 0 Å². The van der Waals surface area contributed by atoms with Crippen LogP contribution in [-0.2, 0) is 22.6 Å². The lowest BCUT2D eigenvalue weighted by molar-refractivity contribution is -0.141. The number of nitrogens with one attached hydrogen (secondary N) is 1. The quantitative estimate of drug-likeness (QED) is 0.286. The first kappa shape index (κ1) is 30.1. The molecule has 0 saturated heterocycles. The van der Waals surface area contributed by atoms with Crippen molar-refractivity contribution in [1.82, 2.24) is 10.2 Å². The Bertz CT molecular complexity index is 1070. The first-order valence-electron chi connectivity index (χ1n) is 13.8. The third-order valence-corrected chi connectivity index (χ3v) is 7.52. The Balaban J connectivity index is 1.79. The Morgan fingerprint density at radius 1 is 0.974 bits per heavy atom. The van der Waals surface area contributed by atoms with Crippen LogP contribution in [0, 0.1) is 0 Å². The van der Waals surface area contributed by atoms with Crippen LogP contribution in [-0.4, -0.2) is 42.0 Å². The lowest BCUT2D eigenvalue weighted by Crippen LogP contribution is -2.51. The second-order valence-electron chi connectivity index (χ2n) is 9.67. The average molecular weight is 564 g/mol. The number of hydrogen-bond donors (Lipinski definition) is 1. The van der Waals surface area contributed by atoms with Crippen molar-refractivity contribution < 1.29 is 19.1 Å². The molecular formula is C30H40Cl2N2O4. The van der Waals surface area contributed by atoms with Gasteiger partial charge >= 0.3 is 0 Å². The van der Waals surface area contributed by atoms with Crippen molar-refractivity contribution in [2.24, 2.45) is 0 Å². The lowest BCUT2D eigenvalue weighted by atomic mass is 9.95. The number of hydrogen-bond acceptors (Lipinski definition) is 4. The maximum absolute atomic E-state index is 13.7. The van der Waals surface area contributed by atoms with E-state index in [0.29, 0.717) is 47.6 Å². The number of rotatable bonds is 13. The number of ether oxygens (including phenoxy) is 2. The van der Waals surface area contributed by atoms with Gasteiger partial charge in [-0.25, -0.2) is 0 Å². The SMILES string of the molecule is CCOc1ccc(CCC(=O)N(Cc2ccc(Cl)cc2Cl)C(CC)C(=O)NC2CCCCC2)cc1OCC. The minimum atomic E-state index is -0.588. The van der Waals surface area contributed by atoms with E-state index in [0.717, 1.165) is 36.8 Å². The molecule has 1 saturated carbocycles. The van der Waals surface area contributed by atoms with Crippen molar-refractivity contribution in [2.75, 3.05) is 13.2 Å². The largest absolute Gasteiger partial charge is 0.490 e. The summed E-state index contributed by atoms with van der Waals surface area (Å²) >= 11 is 12.6. The number of nitrogens with zero attached hydrogens (tertiary/aromatic N) is 1. The van der Waals surface area contributed by atoms with Gasteiger partial charge in [-0.1, -0.05) is 61.5 Å². The van der Waals surface area contributed by atoms with E-state index in [9.17, 15) is 9.59 Å². The van der Waals surface area contributed by atoms with E-state index in [-0.39, 0.29) is 30.8 Å². The molecule has 2 aromatic carbocycles. The molecule has 3 rings (SSSR count). The average Bonchev–Trinajstić information content (AvgIpc) is 2.90. The van der Waals surface area contributed by atoms with Gasteiger partial charge in [-0.2, -0.15) is 0 Å². The van der Waals surface area contributed by atoms with Crippen LogP contribution in [0.3, 0.4) is 0 Å². The zero-order chi connectivity index (χ0) is 27.5. The molecule has 1 unspecified atom stereocenters. The number of halogens is 2. The fourth-order valence-corrected chi connectivity index (χ4v) is 5.41. The number of aryl methyl sites for hydroxylation is 1. The third kappa shape index (κ3) is 8.54. The molecular weight excluding hydrogens is 523 g/mol. The molecule has 0 spiro atoms. The van der Waals surface area contributed by atoms with Crippen LogP contribution in [0.15, 0.2) is 36.4 Å². The van der Waals surface area contributed by atoms with Crippen molar-refractivity contribution in [2.45, 2.75) is 90.8 Å². The molecule has 1 aliphatic rings. The predicted molar refractivity (Wildman–Crippen MR) is 153 cm³/mol. The molecule has 2 aromatic rings. The number of carbonyl (C=O) groups excluding carboxylic acids is 2. The molecule has 0 aromatic heterocycles. The van der Waals surface area contributed by atoms with Crippen molar-refractivity contribution in [3.05, 3.63) is 57.6 Å². The minimum absolute atomic E-state index is 0.0995. The molecule has 1 fully saturated rings. The van der Waals surface area contributed by atoms with Crippen LogP contribution in [0.1, 0.15) is 76.8 Å². The Kier molecular flexibility index (Phi) is 12.1. The zero-order valence-corrected chi connectivity index (χ0v) is 24.2. The van der Waals surface area contributed by atoms with Gasteiger partial charge in [-0.3, -0.25) is 9.59 Å².